The van der Waals surface area contributed by atoms with Crippen LogP contribution in [0, 0.1) is 28.1 Å². The summed E-state index contributed by atoms with van der Waals surface area (Å²) >= 11 is 0. The largest absolute Gasteiger partial charge is 0.459 e. The van der Waals surface area contributed by atoms with Gasteiger partial charge in [-0.05, 0) is 50.5 Å². The van der Waals surface area contributed by atoms with Crippen LogP contribution in [-0.4, -0.2) is 39.8 Å². The zero-order chi connectivity index (χ0) is 18.0. The third kappa shape index (κ3) is 1.34. The topological polar surface area (TPSA) is 83.8 Å². The van der Waals surface area contributed by atoms with Gasteiger partial charge in [-0.15, -0.1) is 0 Å². The molecular weight excluding hydrogens is 320 g/mol. The molecule has 0 aromatic heterocycles. The first-order valence-corrected chi connectivity index (χ1v) is 9.49. The minimum absolute atomic E-state index is 0.0228. The van der Waals surface area contributed by atoms with Crippen molar-refractivity contribution in [2.24, 2.45) is 28.1 Å². The molecule has 1 aliphatic heterocycles. The van der Waals surface area contributed by atoms with Crippen LogP contribution in [0.15, 0.2) is 12.2 Å². The van der Waals surface area contributed by atoms with Crippen LogP contribution >= 0.6 is 0 Å². The van der Waals surface area contributed by atoms with Gasteiger partial charge in [-0.3, -0.25) is 9.59 Å². The summed E-state index contributed by atoms with van der Waals surface area (Å²) in [5.74, 6) is -0.730. The molecule has 5 rings (SSSR count). The summed E-state index contributed by atoms with van der Waals surface area (Å²) in [5.41, 5.74) is -3.37. The van der Waals surface area contributed by atoms with Crippen molar-refractivity contribution in [3.05, 3.63) is 12.2 Å². The van der Waals surface area contributed by atoms with Crippen LogP contribution in [-0.2, 0) is 14.3 Å². The first-order chi connectivity index (χ1) is 11.6. The van der Waals surface area contributed by atoms with Crippen LogP contribution in [0.1, 0.15) is 52.4 Å². The van der Waals surface area contributed by atoms with Crippen molar-refractivity contribution in [2.75, 3.05) is 0 Å². The fraction of sp³-hybridized carbons (Fsp3) is 0.800. The van der Waals surface area contributed by atoms with Gasteiger partial charge in [0, 0.05) is 11.3 Å². The highest BCUT2D eigenvalue weighted by Crippen LogP contribution is 2.74. The summed E-state index contributed by atoms with van der Waals surface area (Å²) in [4.78, 5) is 26.0. The first kappa shape index (κ1) is 16.0. The van der Waals surface area contributed by atoms with Crippen molar-refractivity contribution in [3.63, 3.8) is 0 Å². The van der Waals surface area contributed by atoms with E-state index < -0.39 is 34.1 Å². The second-order valence-corrected chi connectivity index (χ2v) is 9.61. The minimum atomic E-state index is -1.32. The van der Waals surface area contributed by atoms with Crippen LogP contribution in [0.3, 0.4) is 0 Å². The summed E-state index contributed by atoms with van der Waals surface area (Å²) in [6.07, 6.45) is 2.02. The number of aliphatic hydroxyl groups excluding tert-OH is 1. The summed E-state index contributed by atoms with van der Waals surface area (Å²) in [5, 5.41) is 23.4. The van der Waals surface area contributed by atoms with Crippen LogP contribution in [0.5, 0.6) is 0 Å². The number of ketones is 1. The van der Waals surface area contributed by atoms with Crippen LogP contribution < -0.4 is 0 Å². The second-order valence-electron chi connectivity index (χ2n) is 9.61. The van der Waals surface area contributed by atoms with Crippen molar-refractivity contribution in [2.45, 2.75) is 70.2 Å². The zero-order valence-electron chi connectivity index (χ0n) is 14.9. The number of ether oxygens (including phenoxy) is 1. The van der Waals surface area contributed by atoms with E-state index in [1.54, 1.807) is 0 Å². The number of allylic oxidation sites excluding steroid dienone is 1. The molecule has 4 aliphatic carbocycles. The van der Waals surface area contributed by atoms with Crippen molar-refractivity contribution in [3.8, 4) is 0 Å². The predicted molar refractivity (Wildman–Crippen MR) is 88.3 cm³/mol. The molecule has 1 heterocycles. The van der Waals surface area contributed by atoms with Crippen molar-refractivity contribution in [1.82, 2.24) is 0 Å². The van der Waals surface area contributed by atoms with E-state index in [1.165, 1.54) is 0 Å². The molecule has 1 saturated heterocycles. The van der Waals surface area contributed by atoms with E-state index in [1.807, 2.05) is 13.8 Å². The Morgan fingerprint density at radius 1 is 1.20 bits per heavy atom. The van der Waals surface area contributed by atoms with Gasteiger partial charge in [0.2, 0.25) is 0 Å². The Morgan fingerprint density at radius 3 is 2.64 bits per heavy atom. The van der Waals surface area contributed by atoms with Gasteiger partial charge in [-0.25, -0.2) is 0 Å². The lowest BCUT2D eigenvalue weighted by Crippen LogP contribution is -2.76. The number of rotatable bonds is 0. The van der Waals surface area contributed by atoms with E-state index in [9.17, 15) is 19.8 Å². The Labute approximate surface area is 147 Å². The van der Waals surface area contributed by atoms with Crippen molar-refractivity contribution in [1.29, 1.82) is 0 Å². The SMILES string of the molecule is C=C1C(=O)[C@]23CC1CC[C@@]2(O)[C@]1(C)CCC[C@@]2(C)C(=O)OC(C3O)[C@H]21. The van der Waals surface area contributed by atoms with Gasteiger partial charge >= 0.3 is 5.97 Å². The summed E-state index contributed by atoms with van der Waals surface area (Å²) in [6.45, 7) is 7.90. The van der Waals surface area contributed by atoms with Crippen molar-refractivity contribution >= 4 is 11.8 Å². The number of hydrogen-bond donors (Lipinski definition) is 2. The minimum Gasteiger partial charge on any atom is -0.459 e. The second kappa shape index (κ2) is 4.20. The van der Waals surface area contributed by atoms with Crippen LogP contribution in [0.25, 0.3) is 0 Å². The third-order valence-corrected chi connectivity index (χ3v) is 8.91. The standard InChI is InChI=1S/C20H26O5/c1-10-11-5-8-20(24)18(3)7-4-6-17(2)13(18)12(25-16(17)23)15(22)19(20,9-11)14(10)21/h11-13,15,22,24H,1,4-9H2,2-3H3/t11?,12?,13-,15?,17-,18-,19+,20-/m1/s1. The highest BCUT2D eigenvalue weighted by Gasteiger charge is 2.82. The number of aliphatic hydroxyl groups is 2. The van der Waals surface area contributed by atoms with E-state index >= 15 is 0 Å². The number of carbonyl (C=O) groups excluding carboxylic acids is 2. The molecule has 4 saturated carbocycles. The summed E-state index contributed by atoms with van der Waals surface area (Å²) < 4.78 is 5.70. The van der Waals surface area contributed by atoms with Gasteiger partial charge in [0.1, 0.15) is 12.2 Å². The molecule has 0 radical (unpaired) electrons. The lowest BCUT2D eigenvalue weighted by Gasteiger charge is -2.67. The van der Waals surface area contributed by atoms with E-state index in [2.05, 4.69) is 6.58 Å². The third-order valence-electron chi connectivity index (χ3n) is 8.91. The smallest absolute Gasteiger partial charge is 0.312 e. The average Bonchev–Trinajstić information content (AvgIpc) is 2.96. The molecule has 1 spiro atoms. The molecule has 5 nitrogen and oxygen atoms in total. The van der Waals surface area contributed by atoms with Gasteiger partial charge in [0.15, 0.2) is 5.78 Å². The number of Topliss-reactive ketones (excluding diaryl/α,β-unsaturated/α-hetero) is 1. The zero-order valence-corrected chi connectivity index (χ0v) is 14.9. The Balaban J connectivity index is 1.79. The normalized spacial score (nSPS) is 59.4. The maximum Gasteiger partial charge on any atom is 0.312 e. The molecule has 0 aromatic rings. The maximum absolute atomic E-state index is 13.3. The monoisotopic (exact) mass is 346 g/mol. The van der Waals surface area contributed by atoms with E-state index in [0.717, 1.165) is 12.8 Å². The van der Waals surface area contributed by atoms with Gasteiger partial charge in [-0.1, -0.05) is 19.9 Å². The maximum atomic E-state index is 13.3. The van der Waals surface area contributed by atoms with E-state index in [4.69, 9.17) is 4.74 Å². The lowest BCUT2D eigenvalue weighted by atomic mass is 9.38. The predicted octanol–water partition coefficient (Wildman–Crippen LogP) is 1.76. The fourth-order valence-electron chi connectivity index (χ4n) is 7.72. The Bertz CT molecular complexity index is 730. The molecule has 5 aliphatic rings. The Morgan fingerprint density at radius 2 is 1.92 bits per heavy atom. The van der Waals surface area contributed by atoms with Gasteiger partial charge in [0.25, 0.3) is 0 Å². The first-order valence-electron chi connectivity index (χ1n) is 9.49. The number of carbonyl (C=O) groups is 2. The molecule has 0 aromatic carbocycles. The van der Waals surface area contributed by atoms with E-state index in [-0.39, 0.29) is 23.6 Å². The molecule has 5 fully saturated rings. The highest BCUT2D eigenvalue weighted by atomic mass is 16.6. The molecule has 2 bridgehead atoms. The van der Waals surface area contributed by atoms with Crippen LogP contribution in [0.2, 0.25) is 0 Å². The molecule has 8 atom stereocenters. The molecule has 3 unspecified atom stereocenters. The number of fused-ring (bicyclic) bond motifs is 2. The van der Waals surface area contributed by atoms with Gasteiger partial charge < -0.3 is 14.9 Å². The molecular formula is C20H26O5. The van der Waals surface area contributed by atoms with Crippen molar-refractivity contribution < 1.29 is 24.5 Å². The van der Waals surface area contributed by atoms with Gasteiger partial charge in [0.05, 0.1) is 16.4 Å². The number of esters is 1. The Kier molecular flexibility index (Phi) is 2.69. The van der Waals surface area contributed by atoms with E-state index in [0.29, 0.717) is 31.3 Å². The lowest BCUT2D eigenvalue weighted by molar-refractivity contribution is -0.294. The molecule has 25 heavy (non-hydrogen) atoms. The molecule has 5 heteroatoms. The van der Waals surface area contributed by atoms with Gasteiger partial charge in [-0.2, -0.15) is 0 Å². The molecule has 0 amide bonds. The number of hydrogen-bond acceptors (Lipinski definition) is 5. The molecule has 136 valence electrons. The summed E-state index contributed by atoms with van der Waals surface area (Å²) in [7, 11) is 0. The molecule has 2 N–H and O–H groups in total. The quantitative estimate of drug-likeness (QED) is 0.516. The van der Waals surface area contributed by atoms with Crippen LogP contribution in [0.4, 0.5) is 0 Å². The Hall–Kier alpha value is -1.20. The fourth-order valence-corrected chi connectivity index (χ4v) is 7.72. The average molecular weight is 346 g/mol. The highest BCUT2D eigenvalue weighted by molar-refractivity contribution is 6.04. The summed E-state index contributed by atoms with van der Waals surface area (Å²) in [6, 6.07) is 0.